The summed E-state index contributed by atoms with van der Waals surface area (Å²) in [6.07, 6.45) is 1.08. The summed E-state index contributed by atoms with van der Waals surface area (Å²) in [5.74, 6) is 0.646. The van der Waals surface area contributed by atoms with Gasteiger partial charge in [0.05, 0.1) is 11.3 Å². The fourth-order valence-corrected chi connectivity index (χ4v) is 2.84. The summed E-state index contributed by atoms with van der Waals surface area (Å²) in [4.78, 5) is 4.83. The lowest BCUT2D eigenvalue weighted by Crippen LogP contribution is -2.46. The molecule has 0 N–H and O–H groups in total. The molecule has 0 unspecified atom stereocenters. The minimum atomic E-state index is 0.646. The van der Waals surface area contributed by atoms with Crippen LogP contribution >= 0.6 is 0 Å². The van der Waals surface area contributed by atoms with Gasteiger partial charge in [0, 0.05) is 26.2 Å². The lowest BCUT2D eigenvalue weighted by Gasteiger charge is -2.36. The van der Waals surface area contributed by atoms with Gasteiger partial charge in [-0.05, 0) is 36.6 Å². The third kappa shape index (κ3) is 3.52. The van der Waals surface area contributed by atoms with Gasteiger partial charge < -0.3 is 9.80 Å². The van der Waals surface area contributed by atoms with Gasteiger partial charge in [-0.3, -0.25) is 0 Å². The van der Waals surface area contributed by atoms with Crippen molar-refractivity contribution in [2.24, 2.45) is 5.92 Å². The van der Waals surface area contributed by atoms with Crippen LogP contribution in [0.25, 0.3) is 0 Å². The summed E-state index contributed by atoms with van der Waals surface area (Å²) in [7, 11) is 0. The minimum Gasteiger partial charge on any atom is -0.368 e. The molecular weight excluding hydrogens is 246 g/mol. The van der Waals surface area contributed by atoms with Crippen LogP contribution in [-0.2, 0) is 6.42 Å². The molecule has 1 heterocycles. The highest BCUT2D eigenvalue weighted by Crippen LogP contribution is 2.24. The Balaban J connectivity index is 2.19. The van der Waals surface area contributed by atoms with E-state index < -0.39 is 0 Å². The number of likely N-dealkylation sites (N-methyl/N-ethyl adjacent to an activating group) is 1. The molecule has 108 valence electrons. The minimum absolute atomic E-state index is 0.646. The van der Waals surface area contributed by atoms with Crippen molar-refractivity contribution in [3.63, 3.8) is 0 Å². The Bertz CT molecular complexity index is 479. The second-order valence-corrected chi connectivity index (χ2v) is 5.98. The molecule has 0 atom stereocenters. The highest BCUT2D eigenvalue weighted by molar-refractivity contribution is 5.61. The van der Waals surface area contributed by atoms with Crippen LogP contribution < -0.4 is 4.90 Å². The Morgan fingerprint density at radius 2 is 1.90 bits per heavy atom. The Hall–Kier alpha value is -1.53. The van der Waals surface area contributed by atoms with Crippen molar-refractivity contribution in [2.75, 3.05) is 37.6 Å². The van der Waals surface area contributed by atoms with E-state index in [1.807, 2.05) is 6.07 Å². The van der Waals surface area contributed by atoms with Crippen molar-refractivity contribution < 1.29 is 0 Å². The van der Waals surface area contributed by atoms with Crippen LogP contribution in [0.2, 0.25) is 0 Å². The van der Waals surface area contributed by atoms with Gasteiger partial charge >= 0.3 is 0 Å². The average molecular weight is 271 g/mol. The molecule has 0 radical (unpaired) electrons. The van der Waals surface area contributed by atoms with Crippen molar-refractivity contribution in [1.29, 1.82) is 5.26 Å². The lowest BCUT2D eigenvalue weighted by atomic mass is 10.00. The number of piperazine rings is 1. The lowest BCUT2D eigenvalue weighted by molar-refractivity contribution is 0.271. The number of nitriles is 1. The molecule has 0 saturated carbocycles. The number of hydrogen-bond acceptors (Lipinski definition) is 3. The van der Waals surface area contributed by atoms with Crippen molar-refractivity contribution >= 4 is 5.69 Å². The first-order valence-electron chi connectivity index (χ1n) is 7.64. The Morgan fingerprint density at radius 1 is 1.20 bits per heavy atom. The first-order valence-corrected chi connectivity index (χ1v) is 7.64. The first-order chi connectivity index (χ1) is 9.63. The van der Waals surface area contributed by atoms with Crippen LogP contribution in [-0.4, -0.2) is 37.6 Å². The van der Waals surface area contributed by atoms with E-state index in [1.165, 1.54) is 5.56 Å². The van der Waals surface area contributed by atoms with E-state index in [1.54, 1.807) is 0 Å². The van der Waals surface area contributed by atoms with Crippen molar-refractivity contribution in [3.8, 4) is 6.07 Å². The SMILES string of the molecule is CCN1CCN(c2cc(CC(C)C)ccc2C#N)CC1. The Kier molecular flexibility index (Phi) is 5.03. The predicted molar refractivity (Wildman–Crippen MR) is 84.0 cm³/mol. The average Bonchev–Trinajstić information content (AvgIpc) is 2.46. The summed E-state index contributed by atoms with van der Waals surface area (Å²) in [6, 6.07) is 8.65. The van der Waals surface area contributed by atoms with Crippen molar-refractivity contribution in [2.45, 2.75) is 27.2 Å². The monoisotopic (exact) mass is 271 g/mol. The fraction of sp³-hybridized carbons (Fsp3) is 0.588. The van der Waals surface area contributed by atoms with Gasteiger partial charge in [-0.15, -0.1) is 0 Å². The molecule has 2 rings (SSSR count). The van der Waals surface area contributed by atoms with E-state index in [-0.39, 0.29) is 0 Å². The van der Waals surface area contributed by atoms with Gasteiger partial charge in [-0.1, -0.05) is 26.8 Å². The third-order valence-electron chi connectivity index (χ3n) is 3.99. The van der Waals surface area contributed by atoms with E-state index in [4.69, 9.17) is 0 Å². The molecule has 20 heavy (non-hydrogen) atoms. The molecule has 1 aromatic rings. The summed E-state index contributed by atoms with van der Waals surface area (Å²) in [6.45, 7) is 12.0. The number of nitrogens with zero attached hydrogens (tertiary/aromatic N) is 3. The summed E-state index contributed by atoms with van der Waals surface area (Å²) in [5, 5.41) is 9.33. The molecule has 3 nitrogen and oxygen atoms in total. The smallest absolute Gasteiger partial charge is 0.101 e. The second-order valence-electron chi connectivity index (χ2n) is 5.98. The van der Waals surface area contributed by atoms with E-state index in [2.05, 4.69) is 48.8 Å². The number of hydrogen-bond donors (Lipinski definition) is 0. The van der Waals surface area contributed by atoms with Gasteiger partial charge in [0.1, 0.15) is 6.07 Å². The molecule has 1 aliphatic heterocycles. The predicted octanol–water partition coefficient (Wildman–Crippen LogP) is 2.90. The highest BCUT2D eigenvalue weighted by atomic mass is 15.3. The number of anilines is 1. The fourth-order valence-electron chi connectivity index (χ4n) is 2.84. The zero-order valence-electron chi connectivity index (χ0n) is 12.9. The van der Waals surface area contributed by atoms with Gasteiger partial charge in [0.25, 0.3) is 0 Å². The normalized spacial score (nSPS) is 16.4. The first kappa shape index (κ1) is 14.9. The molecule has 0 aromatic heterocycles. The molecular formula is C17H25N3. The molecule has 1 aromatic carbocycles. The molecule has 0 aliphatic carbocycles. The third-order valence-corrected chi connectivity index (χ3v) is 3.99. The maximum atomic E-state index is 9.33. The van der Waals surface area contributed by atoms with Crippen LogP contribution in [0.3, 0.4) is 0 Å². The summed E-state index contributed by atoms with van der Waals surface area (Å²) >= 11 is 0. The quantitative estimate of drug-likeness (QED) is 0.843. The van der Waals surface area contributed by atoms with Crippen LogP contribution in [0.1, 0.15) is 31.9 Å². The Labute approximate surface area is 122 Å². The maximum absolute atomic E-state index is 9.33. The van der Waals surface area contributed by atoms with E-state index in [0.717, 1.165) is 50.4 Å². The molecule has 1 fully saturated rings. The van der Waals surface area contributed by atoms with Crippen molar-refractivity contribution in [3.05, 3.63) is 29.3 Å². The highest BCUT2D eigenvalue weighted by Gasteiger charge is 2.18. The summed E-state index contributed by atoms with van der Waals surface area (Å²) in [5.41, 5.74) is 3.27. The van der Waals surface area contributed by atoms with Crippen LogP contribution in [0.5, 0.6) is 0 Å². The zero-order chi connectivity index (χ0) is 14.5. The van der Waals surface area contributed by atoms with Crippen LogP contribution in [0.15, 0.2) is 18.2 Å². The second kappa shape index (κ2) is 6.76. The van der Waals surface area contributed by atoms with Gasteiger partial charge in [0.2, 0.25) is 0 Å². The number of rotatable bonds is 4. The maximum Gasteiger partial charge on any atom is 0.101 e. The van der Waals surface area contributed by atoms with Gasteiger partial charge in [0.15, 0.2) is 0 Å². The topological polar surface area (TPSA) is 30.3 Å². The number of benzene rings is 1. The van der Waals surface area contributed by atoms with Crippen molar-refractivity contribution in [1.82, 2.24) is 4.90 Å². The van der Waals surface area contributed by atoms with E-state index in [9.17, 15) is 5.26 Å². The van der Waals surface area contributed by atoms with E-state index in [0.29, 0.717) is 5.92 Å². The molecule has 0 spiro atoms. The Morgan fingerprint density at radius 3 is 2.45 bits per heavy atom. The van der Waals surface area contributed by atoms with Crippen LogP contribution in [0.4, 0.5) is 5.69 Å². The molecule has 0 amide bonds. The molecule has 0 bridgehead atoms. The molecule has 3 heteroatoms. The summed E-state index contributed by atoms with van der Waals surface area (Å²) < 4.78 is 0. The molecule has 1 aliphatic rings. The largest absolute Gasteiger partial charge is 0.368 e. The molecule has 1 saturated heterocycles. The van der Waals surface area contributed by atoms with E-state index >= 15 is 0 Å². The zero-order valence-corrected chi connectivity index (χ0v) is 12.9. The van der Waals surface area contributed by atoms with Gasteiger partial charge in [-0.25, -0.2) is 0 Å². The van der Waals surface area contributed by atoms with Gasteiger partial charge in [-0.2, -0.15) is 5.26 Å². The van der Waals surface area contributed by atoms with Crippen LogP contribution in [0, 0.1) is 17.2 Å². The standard InChI is InChI=1S/C17H25N3/c1-4-19-7-9-20(10-8-19)17-12-15(11-14(2)3)5-6-16(17)13-18/h5-6,12,14H,4,7-11H2,1-3H3.